The Hall–Kier alpha value is -2.29. The first kappa shape index (κ1) is 20.0. The van der Waals surface area contributed by atoms with Gasteiger partial charge in [0.05, 0.1) is 30.3 Å². The third-order valence-electron chi connectivity index (χ3n) is 3.71. The molecular weight excluding hydrogens is 362 g/mol. The molecule has 1 aliphatic heterocycles. The second kappa shape index (κ2) is 8.88. The van der Waals surface area contributed by atoms with Crippen molar-refractivity contribution in [3.05, 3.63) is 23.8 Å². The molecule has 1 aromatic carbocycles. The van der Waals surface area contributed by atoms with Crippen LogP contribution in [0.15, 0.2) is 18.2 Å². The molecule has 8 nitrogen and oxygen atoms in total. The molecule has 26 heavy (non-hydrogen) atoms. The van der Waals surface area contributed by atoms with Crippen molar-refractivity contribution in [1.29, 1.82) is 0 Å². The van der Waals surface area contributed by atoms with E-state index in [-0.39, 0.29) is 17.1 Å². The molecule has 1 heterocycles. The normalized spacial score (nSPS) is 18.2. The van der Waals surface area contributed by atoms with Gasteiger partial charge in [-0.25, -0.2) is 13.2 Å². The molecule has 0 bridgehead atoms. The molecule has 2 rings (SSSR count). The van der Waals surface area contributed by atoms with Gasteiger partial charge >= 0.3 is 5.97 Å². The number of benzene rings is 1. The molecule has 1 atom stereocenters. The quantitative estimate of drug-likeness (QED) is 0.664. The number of nitrogens with one attached hydrogen (secondary N) is 1. The summed E-state index contributed by atoms with van der Waals surface area (Å²) in [7, 11) is -3.08. The average molecular weight is 385 g/mol. The zero-order valence-electron chi connectivity index (χ0n) is 14.8. The molecule has 0 spiro atoms. The Balaban J connectivity index is 1.90. The highest BCUT2D eigenvalue weighted by Crippen LogP contribution is 2.28. The maximum atomic E-state index is 12.1. The van der Waals surface area contributed by atoms with Crippen LogP contribution in [0.2, 0.25) is 0 Å². The summed E-state index contributed by atoms with van der Waals surface area (Å²) < 4.78 is 38.6. The van der Waals surface area contributed by atoms with Gasteiger partial charge in [0, 0.05) is 6.04 Å². The number of rotatable bonds is 8. The number of carbonyl (C=O) groups is 2. The number of hydrogen-bond acceptors (Lipinski definition) is 7. The van der Waals surface area contributed by atoms with Crippen LogP contribution in [0.1, 0.15) is 30.6 Å². The van der Waals surface area contributed by atoms with E-state index >= 15 is 0 Å². The average Bonchev–Trinajstić information content (AvgIpc) is 2.93. The first-order valence-corrected chi connectivity index (χ1v) is 10.2. The molecule has 1 aromatic rings. The molecule has 0 aliphatic carbocycles. The van der Waals surface area contributed by atoms with Crippen LogP contribution in [0.25, 0.3) is 0 Å². The highest BCUT2D eigenvalue weighted by atomic mass is 32.2. The number of esters is 1. The van der Waals surface area contributed by atoms with Gasteiger partial charge in [0.15, 0.2) is 27.9 Å². The second-order valence-corrected chi connectivity index (χ2v) is 8.00. The molecular formula is C17H23NO7S. The lowest BCUT2D eigenvalue weighted by atomic mass is 10.2. The van der Waals surface area contributed by atoms with Crippen LogP contribution >= 0.6 is 0 Å². The molecule has 0 aromatic heterocycles. The SMILES string of the molecule is CCOc1ccc(C(=O)OCC(=O)N[C@@H]2CCS(=O)(=O)C2)cc1OCC. The molecule has 1 amide bonds. The van der Waals surface area contributed by atoms with Crippen molar-refractivity contribution in [2.24, 2.45) is 0 Å². The number of hydrogen-bond donors (Lipinski definition) is 1. The molecule has 0 saturated carbocycles. The van der Waals surface area contributed by atoms with Crippen molar-refractivity contribution in [2.75, 3.05) is 31.3 Å². The van der Waals surface area contributed by atoms with Crippen LogP contribution < -0.4 is 14.8 Å². The van der Waals surface area contributed by atoms with E-state index in [1.807, 2.05) is 13.8 Å². The van der Waals surface area contributed by atoms with E-state index in [1.165, 1.54) is 12.1 Å². The highest BCUT2D eigenvalue weighted by molar-refractivity contribution is 7.91. The minimum Gasteiger partial charge on any atom is -0.490 e. The summed E-state index contributed by atoms with van der Waals surface area (Å²) in [5.74, 6) is -0.289. The summed E-state index contributed by atoms with van der Waals surface area (Å²) in [6.45, 7) is 4.04. The van der Waals surface area contributed by atoms with Gasteiger partial charge in [-0.15, -0.1) is 0 Å². The van der Waals surface area contributed by atoms with E-state index in [4.69, 9.17) is 14.2 Å². The third-order valence-corrected chi connectivity index (χ3v) is 5.48. The van der Waals surface area contributed by atoms with Crippen LogP contribution in [-0.2, 0) is 19.4 Å². The Bertz CT molecular complexity index is 760. The van der Waals surface area contributed by atoms with Gasteiger partial charge in [-0.05, 0) is 38.5 Å². The molecule has 1 saturated heterocycles. The van der Waals surface area contributed by atoms with Crippen LogP contribution in [0.5, 0.6) is 11.5 Å². The second-order valence-electron chi connectivity index (χ2n) is 5.77. The first-order valence-electron chi connectivity index (χ1n) is 8.41. The fourth-order valence-corrected chi connectivity index (χ4v) is 4.24. The predicted octanol–water partition coefficient (Wildman–Crippen LogP) is 0.944. The third kappa shape index (κ3) is 5.62. The molecule has 144 valence electrons. The fraction of sp³-hybridized carbons (Fsp3) is 0.529. The number of ether oxygens (including phenoxy) is 3. The summed E-state index contributed by atoms with van der Waals surface area (Å²) in [6, 6.07) is 4.20. The van der Waals surface area contributed by atoms with Crippen molar-refractivity contribution >= 4 is 21.7 Å². The minimum atomic E-state index is -3.08. The van der Waals surface area contributed by atoms with Gasteiger partial charge in [-0.2, -0.15) is 0 Å². The minimum absolute atomic E-state index is 0.0596. The van der Waals surface area contributed by atoms with Crippen molar-refractivity contribution in [2.45, 2.75) is 26.3 Å². The number of carbonyl (C=O) groups excluding carboxylic acids is 2. The maximum Gasteiger partial charge on any atom is 0.338 e. The summed E-state index contributed by atoms with van der Waals surface area (Å²) in [5.41, 5.74) is 0.230. The van der Waals surface area contributed by atoms with Crippen molar-refractivity contribution < 1.29 is 32.2 Å². The Labute approximate surface area is 152 Å². The van der Waals surface area contributed by atoms with Crippen LogP contribution in [0.4, 0.5) is 0 Å². The van der Waals surface area contributed by atoms with Crippen molar-refractivity contribution in [3.8, 4) is 11.5 Å². The summed E-state index contributed by atoms with van der Waals surface area (Å²) in [6.07, 6.45) is 0.374. The van der Waals surface area contributed by atoms with Crippen molar-refractivity contribution in [1.82, 2.24) is 5.32 Å². The molecule has 1 fully saturated rings. The predicted molar refractivity (Wildman–Crippen MR) is 94.3 cm³/mol. The Morgan fingerprint density at radius 2 is 1.85 bits per heavy atom. The molecule has 1 N–H and O–H groups in total. The largest absolute Gasteiger partial charge is 0.490 e. The maximum absolute atomic E-state index is 12.1. The molecule has 9 heteroatoms. The number of sulfone groups is 1. The lowest BCUT2D eigenvalue weighted by Gasteiger charge is -2.13. The highest BCUT2D eigenvalue weighted by Gasteiger charge is 2.29. The van der Waals surface area contributed by atoms with Crippen LogP contribution in [0.3, 0.4) is 0 Å². The number of amides is 1. The first-order chi connectivity index (χ1) is 12.3. The smallest absolute Gasteiger partial charge is 0.338 e. The summed E-state index contributed by atoms with van der Waals surface area (Å²) in [4.78, 5) is 23.9. The lowest BCUT2D eigenvalue weighted by molar-refractivity contribution is -0.124. The van der Waals surface area contributed by atoms with Gasteiger partial charge in [0.1, 0.15) is 0 Å². The molecule has 0 radical (unpaired) electrons. The Morgan fingerprint density at radius 3 is 2.46 bits per heavy atom. The van der Waals surface area contributed by atoms with Gasteiger partial charge in [0.2, 0.25) is 0 Å². The molecule has 0 unspecified atom stereocenters. The van der Waals surface area contributed by atoms with E-state index in [0.29, 0.717) is 31.1 Å². The van der Waals surface area contributed by atoms with Gasteiger partial charge in [0.25, 0.3) is 5.91 Å². The van der Waals surface area contributed by atoms with Crippen molar-refractivity contribution in [3.63, 3.8) is 0 Å². The van der Waals surface area contributed by atoms with Crippen LogP contribution in [-0.4, -0.2) is 57.7 Å². The fourth-order valence-electron chi connectivity index (χ4n) is 2.57. The van der Waals surface area contributed by atoms with E-state index in [0.717, 1.165) is 0 Å². The standard InChI is InChI=1S/C17H23NO7S/c1-3-23-14-6-5-12(9-15(14)24-4-2)17(20)25-10-16(19)18-13-7-8-26(21,22)11-13/h5-6,9,13H,3-4,7-8,10-11H2,1-2H3,(H,18,19)/t13-/m1/s1. The topological polar surface area (TPSA) is 108 Å². The van der Waals surface area contributed by atoms with Gasteiger partial charge < -0.3 is 19.5 Å². The van der Waals surface area contributed by atoms with E-state index < -0.39 is 34.4 Å². The summed E-state index contributed by atoms with van der Waals surface area (Å²) >= 11 is 0. The Morgan fingerprint density at radius 1 is 1.15 bits per heavy atom. The zero-order valence-corrected chi connectivity index (χ0v) is 15.6. The monoisotopic (exact) mass is 385 g/mol. The van der Waals surface area contributed by atoms with E-state index in [9.17, 15) is 18.0 Å². The van der Waals surface area contributed by atoms with Crippen LogP contribution in [0, 0.1) is 0 Å². The van der Waals surface area contributed by atoms with Gasteiger partial charge in [-0.1, -0.05) is 0 Å². The van der Waals surface area contributed by atoms with E-state index in [1.54, 1.807) is 6.07 Å². The van der Waals surface area contributed by atoms with Gasteiger partial charge in [-0.3, -0.25) is 4.79 Å². The molecule has 1 aliphatic rings. The zero-order chi connectivity index (χ0) is 19.2. The summed E-state index contributed by atoms with van der Waals surface area (Å²) in [5, 5.41) is 2.56. The Kier molecular flexibility index (Phi) is 6.84. The van der Waals surface area contributed by atoms with E-state index in [2.05, 4.69) is 5.32 Å². The lowest BCUT2D eigenvalue weighted by Crippen LogP contribution is -2.38.